The second kappa shape index (κ2) is 49.9. The molecule has 115 heavy (non-hydrogen) atoms. The maximum Gasteiger partial charge on any atom is 0.326 e. The van der Waals surface area contributed by atoms with Crippen molar-refractivity contribution >= 4 is 100 Å². The van der Waals surface area contributed by atoms with Crippen LogP contribution in [0.2, 0.25) is 0 Å². The standard InChI is InChI=1S/C66H102N16O33/c1-2-31(64(112)113)76-60(108)33(8-14-46(93)70-23-40(87)52(101)55(104)43(90)26-84)77-63(111)36(12-18-50(98)99)80-61(109)34(9-15-47(94)71-24-41(88)53(102)56(105)44(91)27-85)78-62(110)35(11-17-49(96)97)79-59(107)32(7-13-45(92)69-22-39(86)51(100)54(103)42(89)25-83)75-48(95)16-10-37(65(114)115)81-58(106)28-3-5-29(6-4-28)68-19-30-20-72-57-38(74-30)21-73-66(67)82-57/h3-6,20,31-37,39-44,51-56,68,83-91,100-105H,2,7-19,21-27H2,1H3,(H,69,92)(H,70,93)(H,71,94)(H,75,95)(H,76,108)(H,77,111)(H,78,110)(H,79,107)(H,80,109)(H,81,106)(H,96,97)(H,98,99)(H,112,113)(H,114,115)(H3,67,72,73,82)/t31-,32-,33-,34-,35-,36-,37-,39-,40-,41-,42+,43+,44+,51+,52+,53+,54+,55+,56+/m0/s1. The highest BCUT2D eigenvalue weighted by Crippen LogP contribution is 2.19. The van der Waals surface area contributed by atoms with Gasteiger partial charge in [0.25, 0.3) is 5.91 Å². The molecule has 49 nitrogen and oxygen atoms in total. The highest BCUT2D eigenvalue weighted by molar-refractivity contribution is 5.99. The van der Waals surface area contributed by atoms with E-state index < -0.39 is 315 Å². The third-order valence-electron chi connectivity index (χ3n) is 17.4. The molecule has 1 aromatic heterocycles. The molecule has 0 aliphatic carbocycles. The van der Waals surface area contributed by atoms with Crippen molar-refractivity contribution in [3.63, 3.8) is 0 Å². The largest absolute Gasteiger partial charge is 0.481 e. The number of carbonyl (C=O) groups excluding carboxylic acids is 10. The van der Waals surface area contributed by atoms with Gasteiger partial charge in [0.2, 0.25) is 53.2 Å². The van der Waals surface area contributed by atoms with Crippen molar-refractivity contribution in [1.82, 2.24) is 68.5 Å². The first-order valence-corrected chi connectivity index (χ1v) is 35.7. The van der Waals surface area contributed by atoms with E-state index in [1.165, 1.54) is 37.4 Å². The number of aliphatic carboxylic acids is 4. The summed E-state index contributed by atoms with van der Waals surface area (Å²) in [6, 6.07) is -8.48. The molecule has 0 radical (unpaired) electrons. The zero-order valence-electron chi connectivity index (χ0n) is 61.8. The van der Waals surface area contributed by atoms with Crippen LogP contribution in [0, 0.1) is 0 Å². The lowest BCUT2D eigenvalue weighted by Crippen LogP contribution is -2.59. The molecule has 33 N–H and O–H groups in total. The molecular weight excluding hydrogens is 1540 g/mol. The van der Waals surface area contributed by atoms with Crippen molar-refractivity contribution in [1.29, 1.82) is 0 Å². The van der Waals surface area contributed by atoms with Gasteiger partial charge in [0.15, 0.2) is 11.8 Å². The topological polar surface area (TPSA) is 832 Å². The van der Waals surface area contributed by atoms with Gasteiger partial charge in [-0.25, -0.2) is 19.6 Å². The van der Waals surface area contributed by atoms with Crippen LogP contribution in [0.4, 0.5) is 11.5 Å². The second-order valence-electron chi connectivity index (χ2n) is 26.3. The molecular formula is C66H102N16O33. The van der Waals surface area contributed by atoms with E-state index in [9.17, 15) is 159 Å². The Bertz CT molecular complexity index is 3630. The number of hydrogen-bond donors (Lipinski definition) is 32. The summed E-state index contributed by atoms with van der Waals surface area (Å²) in [5.41, 5.74) is 7.15. The van der Waals surface area contributed by atoms with Gasteiger partial charge in [-0.2, -0.15) is 4.99 Å². The molecule has 19 atom stereocenters. The van der Waals surface area contributed by atoms with Gasteiger partial charge >= 0.3 is 23.9 Å². The van der Waals surface area contributed by atoms with Crippen LogP contribution in [0.15, 0.2) is 35.5 Å². The van der Waals surface area contributed by atoms with E-state index in [4.69, 9.17) is 10.8 Å². The minimum atomic E-state index is -2.23. The first-order valence-electron chi connectivity index (χ1n) is 35.7. The van der Waals surface area contributed by atoms with E-state index in [-0.39, 0.29) is 31.0 Å². The minimum Gasteiger partial charge on any atom is -0.481 e. The normalized spacial score (nSPS) is 16.8. The van der Waals surface area contributed by atoms with Gasteiger partial charge in [-0.1, -0.05) is 6.92 Å². The van der Waals surface area contributed by atoms with Crippen LogP contribution in [-0.4, -0.2) is 351 Å². The molecule has 0 fully saturated rings. The van der Waals surface area contributed by atoms with Crippen molar-refractivity contribution < 1.29 is 164 Å². The first-order chi connectivity index (χ1) is 54.1. The lowest BCUT2D eigenvalue weighted by Gasteiger charge is -2.28. The predicted molar refractivity (Wildman–Crippen MR) is 385 cm³/mol. The Morgan fingerprint density at radius 1 is 0.426 bits per heavy atom. The Labute approximate surface area is 653 Å². The van der Waals surface area contributed by atoms with Crippen LogP contribution in [0.5, 0.6) is 0 Å². The van der Waals surface area contributed by atoms with E-state index in [0.29, 0.717) is 22.9 Å². The van der Waals surface area contributed by atoms with E-state index >= 15 is 0 Å². The van der Waals surface area contributed by atoms with Crippen molar-refractivity contribution in [2.75, 3.05) is 44.8 Å². The number of carboxylic acid groups (broad SMARTS) is 4. The van der Waals surface area contributed by atoms with Gasteiger partial charge < -0.3 is 167 Å². The summed E-state index contributed by atoms with van der Waals surface area (Å²) in [6.45, 7) is -4.15. The Hall–Kier alpha value is -10.7. The molecule has 3 rings (SSSR count). The summed E-state index contributed by atoms with van der Waals surface area (Å²) in [6.07, 6.45) is -34.5. The van der Waals surface area contributed by atoms with Crippen molar-refractivity contribution in [2.45, 2.75) is 219 Å². The number of nitrogens with zero attached hydrogens (tertiary/aromatic N) is 3. The summed E-state index contributed by atoms with van der Waals surface area (Å²) in [5.74, 6) is -18.9. The highest BCUT2D eigenvalue weighted by atomic mass is 16.4. The number of amides is 10. The number of guanidine groups is 1. The molecule has 2 aromatic rings. The maximum absolute atomic E-state index is 14.6. The van der Waals surface area contributed by atoms with E-state index in [0.717, 1.165) is 0 Å². The number of hydrogen-bond acceptors (Lipinski definition) is 35. The fourth-order valence-corrected chi connectivity index (χ4v) is 10.4. The number of anilines is 1. The summed E-state index contributed by atoms with van der Waals surface area (Å²) in [7, 11) is 0. The molecule has 1 aliphatic heterocycles. The van der Waals surface area contributed by atoms with Crippen molar-refractivity contribution in [2.24, 2.45) is 10.7 Å². The zero-order valence-corrected chi connectivity index (χ0v) is 61.8. The lowest BCUT2D eigenvalue weighted by atomic mass is 10.0. The molecule has 644 valence electrons. The number of nitrogens with two attached hydrogens (primary N) is 1. The second-order valence-corrected chi connectivity index (χ2v) is 26.3. The van der Waals surface area contributed by atoms with E-state index in [1.54, 1.807) is 0 Å². The van der Waals surface area contributed by atoms with Crippen molar-refractivity contribution in [3.8, 4) is 0 Å². The van der Waals surface area contributed by atoms with Crippen LogP contribution < -0.4 is 69.5 Å². The summed E-state index contributed by atoms with van der Waals surface area (Å²) < 4.78 is 0. The van der Waals surface area contributed by atoms with Crippen LogP contribution in [0.3, 0.4) is 0 Å². The van der Waals surface area contributed by atoms with Gasteiger partial charge in [-0.05, 0) is 69.2 Å². The monoisotopic (exact) mass is 1650 g/mol. The number of nitrogens with one attached hydrogen (secondary N) is 12. The third kappa shape index (κ3) is 34.5. The Morgan fingerprint density at radius 2 is 0.757 bits per heavy atom. The van der Waals surface area contributed by atoms with E-state index in [1.807, 2.05) is 0 Å². The molecule has 2 heterocycles. The molecule has 0 saturated carbocycles. The number of fused-ring (bicyclic) bond motifs is 1. The van der Waals surface area contributed by atoms with Gasteiger partial charge in [-0.3, -0.25) is 57.5 Å². The first kappa shape index (κ1) is 98.5. The maximum atomic E-state index is 14.6. The summed E-state index contributed by atoms with van der Waals surface area (Å²) >= 11 is 0. The van der Waals surface area contributed by atoms with Gasteiger partial charge in [0.1, 0.15) is 103 Å². The number of benzene rings is 1. The number of carboxylic acids is 4. The number of aliphatic imine (C=N–C) groups is 1. The van der Waals surface area contributed by atoms with Crippen LogP contribution in [0.25, 0.3) is 0 Å². The smallest absolute Gasteiger partial charge is 0.326 e. The van der Waals surface area contributed by atoms with Crippen LogP contribution >= 0.6 is 0 Å². The average molecular weight is 1650 g/mol. The van der Waals surface area contributed by atoms with Gasteiger partial charge in [0.05, 0.1) is 63.1 Å². The fraction of sp³-hybridized carbons (Fsp3) is 0.621. The Morgan fingerprint density at radius 3 is 1.10 bits per heavy atom. The Balaban J connectivity index is 2.04. The number of aromatic nitrogens is 2. The van der Waals surface area contributed by atoms with Crippen molar-refractivity contribution in [3.05, 3.63) is 47.4 Å². The van der Waals surface area contributed by atoms with Gasteiger partial charge in [-0.15, -0.1) is 0 Å². The zero-order chi connectivity index (χ0) is 86.5. The van der Waals surface area contributed by atoms with Crippen LogP contribution in [-0.2, 0) is 75.4 Å². The number of carbonyl (C=O) groups is 14. The SMILES string of the molecule is CC[C@H](NC(=O)[C@H](CCC(=O)NC[C@H](O)[C@@H](O)[C@H](O)[C@H](O)CO)NC(=O)[C@H](CCC(=O)O)NC(=O)[C@H](CCC(=O)NC[C@H](O)[C@@H](O)[C@H](O)[C@H](O)CO)NC(=O)[C@H](CCC(=O)O)NC(=O)[C@H](CCC(=O)NC[C@H](O)[C@@H](O)[C@H](O)[C@H](O)CO)NC(=O)CC[C@H](NC(=O)c1ccc(NCc2cnc3c(n2)CNC(N)=N3)cc1)C(=O)O)C(=O)O. The number of aliphatic hydroxyl groups is 15. The summed E-state index contributed by atoms with van der Waals surface area (Å²) in [5, 5.41) is 216. The molecule has 49 heteroatoms. The highest BCUT2D eigenvalue weighted by Gasteiger charge is 2.38. The predicted octanol–water partition coefficient (Wildman–Crippen LogP) is -13.8. The molecule has 0 spiro atoms. The molecule has 10 amide bonds. The minimum absolute atomic E-state index is 0.0606. The molecule has 0 bridgehead atoms. The quantitative estimate of drug-likeness (QED) is 0.0292. The van der Waals surface area contributed by atoms with Crippen LogP contribution in [0.1, 0.15) is 112 Å². The Kier molecular flexibility index (Phi) is 42.7. The lowest BCUT2D eigenvalue weighted by molar-refractivity contribution is -0.142. The number of aliphatic hydroxyl groups excluding tert-OH is 15. The molecule has 0 unspecified atom stereocenters. The summed E-state index contributed by atoms with van der Waals surface area (Å²) in [4.78, 5) is 200. The average Bonchev–Trinajstić information content (AvgIpc) is 0.836. The fourth-order valence-electron chi connectivity index (χ4n) is 10.4. The molecule has 0 saturated heterocycles. The van der Waals surface area contributed by atoms with E-state index in [2.05, 4.69) is 78.8 Å². The number of rotatable bonds is 55. The third-order valence-corrected chi connectivity index (χ3v) is 17.4. The molecule has 1 aliphatic rings. The van der Waals surface area contributed by atoms with Gasteiger partial charge in [0, 0.05) is 69.4 Å². The molecule has 1 aromatic carbocycles.